The molecule has 16 heavy (non-hydrogen) atoms. The van der Waals surface area contributed by atoms with Crippen LogP contribution >= 0.6 is 0 Å². The highest BCUT2D eigenvalue weighted by molar-refractivity contribution is 6.00. The topological polar surface area (TPSA) is 50.3 Å². The summed E-state index contributed by atoms with van der Waals surface area (Å²) in [5, 5.41) is 6.65. The van der Waals surface area contributed by atoms with Gasteiger partial charge in [-0.05, 0) is 19.1 Å². The third-order valence-corrected chi connectivity index (χ3v) is 2.29. The predicted molar refractivity (Wildman–Crippen MR) is 63.5 cm³/mol. The number of hydrogen-bond donors (Lipinski definition) is 1. The van der Waals surface area contributed by atoms with Crippen LogP contribution in [0.2, 0.25) is 0 Å². The second-order valence-corrected chi connectivity index (χ2v) is 3.36. The highest BCUT2D eigenvalue weighted by atomic mass is 16.5. The molecule has 0 aliphatic rings. The lowest BCUT2D eigenvalue weighted by atomic mass is 10.2. The zero-order valence-corrected chi connectivity index (χ0v) is 9.27. The Morgan fingerprint density at radius 3 is 2.88 bits per heavy atom. The molecule has 0 fully saturated rings. The molecule has 0 aliphatic carbocycles. The van der Waals surface area contributed by atoms with E-state index in [9.17, 15) is 0 Å². The highest BCUT2D eigenvalue weighted by Crippen LogP contribution is 2.26. The molecule has 4 nitrogen and oxygen atoms in total. The summed E-state index contributed by atoms with van der Waals surface area (Å²) in [6.07, 6.45) is 3.56. The van der Waals surface area contributed by atoms with Gasteiger partial charge in [-0.3, -0.25) is 5.10 Å². The maximum atomic E-state index is 5.23. The number of aromatic amines is 1. The highest BCUT2D eigenvalue weighted by Gasteiger charge is 2.02. The number of methoxy groups -OCH3 is 1. The van der Waals surface area contributed by atoms with Crippen LogP contribution in [0.15, 0.2) is 41.7 Å². The summed E-state index contributed by atoms with van der Waals surface area (Å²) in [5.74, 6) is 0.769. The van der Waals surface area contributed by atoms with Crippen molar-refractivity contribution in [2.75, 3.05) is 7.11 Å². The van der Waals surface area contributed by atoms with E-state index in [4.69, 9.17) is 4.74 Å². The first-order valence-electron chi connectivity index (χ1n) is 4.98. The van der Waals surface area contributed by atoms with Gasteiger partial charge < -0.3 is 4.74 Å². The standard InChI is InChI=1S/C12H13N3O/c1-9(10-7-13-14-8-10)15-11-5-3-4-6-12(11)16-2/h3-8H,1-2H3,(H,13,14). The first-order valence-corrected chi connectivity index (χ1v) is 4.98. The van der Waals surface area contributed by atoms with Crippen molar-refractivity contribution in [3.05, 3.63) is 42.2 Å². The Morgan fingerprint density at radius 2 is 2.19 bits per heavy atom. The van der Waals surface area contributed by atoms with E-state index in [2.05, 4.69) is 15.2 Å². The first-order chi connectivity index (χ1) is 7.81. The van der Waals surface area contributed by atoms with Gasteiger partial charge in [0.25, 0.3) is 0 Å². The summed E-state index contributed by atoms with van der Waals surface area (Å²) in [6.45, 7) is 1.94. The van der Waals surface area contributed by atoms with Crippen molar-refractivity contribution < 1.29 is 4.74 Å². The lowest BCUT2D eigenvalue weighted by Crippen LogP contribution is -1.91. The fraction of sp³-hybridized carbons (Fsp3) is 0.167. The number of nitrogens with zero attached hydrogens (tertiary/aromatic N) is 2. The number of nitrogens with one attached hydrogen (secondary N) is 1. The molecule has 1 heterocycles. The molecule has 1 aromatic carbocycles. The zero-order chi connectivity index (χ0) is 11.4. The van der Waals surface area contributed by atoms with E-state index < -0.39 is 0 Å². The molecule has 0 radical (unpaired) electrons. The second-order valence-electron chi connectivity index (χ2n) is 3.36. The van der Waals surface area contributed by atoms with Gasteiger partial charge in [0.2, 0.25) is 0 Å². The van der Waals surface area contributed by atoms with Gasteiger partial charge in [-0.15, -0.1) is 0 Å². The molecule has 2 aromatic rings. The molecular weight excluding hydrogens is 202 g/mol. The summed E-state index contributed by atoms with van der Waals surface area (Å²) >= 11 is 0. The summed E-state index contributed by atoms with van der Waals surface area (Å²) < 4.78 is 5.23. The summed E-state index contributed by atoms with van der Waals surface area (Å²) in [4.78, 5) is 4.50. The molecule has 0 spiro atoms. The Morgan fingerprint density at radius 1 is 1.38 bits per heavy atom. The zero-order valence-electron chi connectivity index (χ0n) is 9.27. The van der Waals surface area contributed by atoms with Gasteiger partial charge in [-0.1, -0.05) is 12.1 Å². The molecule has 0 unspecified atom stereocenters. The average Bonchev–Trinajstić information content (AvgIpc) is 2.83. The summed E-state index contributed by atoms with van der Waals surface area (Å²) in [7, 11) is 1.64. The normalized spacial score (nSPS) is 11.5. The molecule has 0 bridgehead atoms. The Kier molecular flexibility index (Phi) is 3.00. The van der Waals surface area contributed by atoms with Crippen LogP contribution in [0.5, 0.6) is 5.75 Å². The van der Waals surface area contributed by atoms with E-state index in [1.165, 1.54) is 0 Å². The fourth-order valence-corrected chi connectivity index (χ4v) is 1.42. The molecule has 0 saturated heterocycles. The predicted octanol–water partition coefficient (Wildman–Crippen LogP) is 2.56. The van der Waals surface area contributed by atoms with E-state index >= 15 is 0 Å². The van der Waals surface area contributed by atoms with Crippen molar-refractivity contribution in [1.29, 1.82) is 0 Å². The molecule has 82 valence electrons. The lowest BCUT2D eigenvalue weighted by molar-refractivity contribution is 0.416. The van der Waals surface area contributed by atoms with Gasteiger partial charge in [0.05, 0.1) is 13.3 Å². The van der Waals surface area contributed by atoms with Crippen LogP contribution in [0, 0.1) is 0 Å². The van der Waals surface area contributed by atoms with Gasteiger partial charge in [0.15, 0.2) is 0 Å². The van der Waals surface area contributed by atoms with Crippen LogP contribution in [0.1, 0.15) is 12.5 Å². The molecule has 1 N–H and O–H groups in total. The third-order valence-electron chi connectivity index (χ3n) is 2.29. The average molecular weight is 215 g/mol. The Balaban J connectivity index is 2.35. The number of aromatic nitrogens is 2. The maximum absolute atomic E-state index is 5.23. The molecule has 0 aliphatic heterocycles. The van der Waals surface area contributed by atoms with Crippen molar-refractivity contribution in [2.24, 2.45) is 4.99 Å². The van der Waals surface area contributed by atoms with Crippen LogP contribution in [-0.2, 0) is 0 Å². The lowest BCUT2D eigenvalue weighted by Gasteiger charge is -2.04. The number of H-pyrrole nitrogens is 1. The quantitative estimate of drug-likeness (QED) is 0.800. The van der Waals surface area contributed by atoms with Crippen LogP contribution in [0.3, 0.4) is 0 Å². The van der Waals surface area contributed by atoms with Crippen molar-refractivity contribution in [1.82, 2.24) is 10.2 Å². The SMILES string of the molecule is COc1ccccc1N=C(C)c1cn[nH]c1. The van der Waals surface area contributed by atoms with Crippen molar-refractivity contribution in [3.63, 3.8) is 0 Å². The molecule has 0 amide bonds. The molecule has 4 heteroatoms. The molecule has 0 atom stereocenters. The van der Waals surface area contributed by atoms with E-state index in [0.717, 1.165) is 22.7 Å². The van der Waals surface area contributed by atoms with E-state index in [1.807, 2.05) is 37.4 Å². The smallest absolute Gasteiger partial charge is 0.144 e. The van der Waals surface area contributed by atoms with Crippen molar-refractivity contribution >= 4 is 11.4 Å². The van der Waals surface area contributed by atoms with Crippen molar-refractivity contribution in [3.8, 4) is 5.75 Å². The minimum Gasteiger partial charge on any atom is -0.494 e. The number of hydrogen-bond acceptors (Lipinski definition) is 3. The van der Waals surface area contributed by atoms with E-state index in [-0.39, 0.29) is 0 Å². The maximum Gasteiger partial charge on any atom is 0.144 e. The number of ether oxygens (including phenoxy) is 1. The largest absolute Gasteiger partial charge is 0.494 e. The molecule has 2 rings (SSSR count). The molecule has 1 aromatic heterocycles. The summed E-state index contributed by atoms with van der Waals surface area (Å²) in [5.41, 5.74) is 2.70. The number of rotatable bonds is 3. The number of aliphatic imine (C=N–C) groups is 1. The van der Waals surface area contributed by atoms with Crippen LogP contribution < -0.4 is 4.74 Å². The van der Waals surface area contributed by atoms with Gasteiger partial charge >= 0.3 is 0 Å². The van der Waals surface area contributed by atoms with Crippen molar-refractivity contribution in [2.45, 2.75) is 6.92 Å². The molecule has 0 saturated carbocycles. The second kappa shape index (κ2) is 4.61. The van der Waals surface area contributed by atoms with Crippen LogP contribution in [0.4, 0.5) is 5.69 Å². The monoisotopic (exact) mass is 215 g/mol. The number of para-hydroxylation sites is 2. The Bertz CT molecular complexity index is 489. The number of benzene rings is 1. The van der Waals surface area contributed by atoms with Crippen LogP contribution in [-0.4, -0.2) is 23.0 Å². The Hall–Kier alpha value is -2.10. The van der Waals surface area contributed by atoms with Gasteiger partial charge in [0.1, 0.15) is 11.4 Å². The summed E-state index contributed by atoms with van der Waals surface area (Å²) in [6, 6.07) is 7.67. The Labute approximate surface area is 94.0 Å². The first kappa shape index (κ1) is 10.4. The van der Waals surface area contributed by atoms with Gasteiger partial charge in [0, 0.05) is 17.5 Å². The van der Waals surface area contributed by atoms with Crippen LogP contribution in [0.25, 0.3) is 0 Å². The minimum atomic E-state index is 0.769. The van der Waals surface area contributed by atoms with E-state index in [0.29, 0.717) is 0 Å². The van der Waals surface area contributed by atoms with E-state index in [1.54, 1.807) is 13.3 Å². The van der Waals surface area contributed by atoms with Gasteiger partial charge in [-0.2, -0.15) is 5.10 Å². The van der Waals surface area contributed by atoms with Gasteiger partial charge in [-0.25, -0.2) is 4.99 Å². The minimum absolute atomic E-state index is 0.769. The third kappa shape index (κ3) is 2.11. The molecular formula is C12H13N3O. The fourth-order valence-electron chi connectivity index (χ4n) is 1.42.